The Bertz CT molecular complexity index is 729. The average molecular weight is 354 g/mol. The highest BCUT2D eigenvalue weighted by Gasteiger charge is 2.28. The van der Waals surface area contributed by atoms with Gasteiger partial charge in [-0.1, -0.05) is 25.4 Å². The highest BCUT2D eigenvalue weighted by atomic mass is 35.5. The predicted molar refractivity (Wildman–Crippen MR) is 95.7 cm³/mol. The van der Waals surface area contributed by atoms with E-state index in [2.05, 4.69) is 33.0 Å². The number of carbonyl (C=O) groups excluding carboxylic acids is 1. The van der Waals surface area contributed by atoms with E-state index in [0.717, 1.165) is 22.1 Å². The highest BCUT2D eigenvalue weighted by molar-refractivity contribution is 7.16. The van der Waals surface area contributed by atoms with Gasteiger partial charge in [-0.05, 0) is 55.4 Å². The first-order valence-corrected chi connectivity index (χ1v) is 9.58. The van der Waals surface area contributed by atoms with Crippen LogP contribution in [0.25, 0.3) is 0 Å². The third-order valence-corrected chi connectivity index (χ3v) is 6.93. The van der Waals surface area contributed by atoms with Crippen molar-refractivity contribution in [3.63, 3.8) is 0 Å². The van der Waals surface area contributed by atoms with Crippen molar-refractivity contribution in [2.24, 2.45) is 0 Å². The van der Waals surface area contributed by atoms with E-state index in [1.807, 2.05) is 6.07 Å². The average Bonchev–Trinajstić information content (AvgIpc) is 3.06. The van der Waals surface area contributed by atoms with Crippen molar-refractivity contribution in [2.75, 3.05) is 0 Å². The van der Waals surface area contributed by atoms with Gasteiger partial charge in [0.25, 0.3) is 5.91 Å². The smallest absolute Gasteiger partial charge is 0.262 e. The Hall–Kier alpha value is -0.840. The van der Waals surface area contributed by atoms with Crippen LogP contribution in [0.5, 0.6) is 0 Å². The zero-order valence-electron chi connectivity index (χ0n) is 13.2. The van der Waals surface area contributed by atoms with E-state index in [1.54, 1.807) is 22.7 Å². The molecule has 0 bridgehead atoms. The summed E-state index contributed by atoms with van der Waals surface area (Å²) in [5.41, 5.74) is 3.66. The van der Waals surface area contributed by atoms with Crippen LogP contribution >= 0.6 is 34.3 Å². The summed E-state index contributed by atoms with van der Waals surface area (Å²) in [7, 11) is 0. The summed E-state index contributed by atoms with van der Waals surface area (Å²) in [4.78, 5) is 16.2. The molecule has 3 rings (SSSR count). The Balaban J connectivity index is 1.86. The lowest BCUT2D eigenvalue weighted by atomic mass is 9.98. The van der Waals surface area contributed by atoms with Gasteiger partial charge in [-0.2, -0.15) is 0 Å². The molecule has 0 radical (unpaired) electrons. The molecule has 1 N–H and O–H groups in total. The van der Waals surface area contributed by atoms with Crippen molar-refractivity contribution < 1.29 is 4.79 Å². The van der Waals surface area contributed by atoms with Gasteiger partial charge in [-0.25, -0.2) is 0 Å². The third kappa shape index (κ3) is 2.72. The third-order valence-electron chi connectivity index (χ3n) is 4.37. The molecule has 2 aromatic rings. The Kier molecular flexibility index (Phi) is 4.36. The molecule has 0 aromatic carbocycles. The highest BCUT2D eigenvalue weighted by Crippen LogP contribution is 2.40. The lowest BCUT2D eigenvalue weighted by Crippen LogP contribution is -2.27. The molecule has 2 heterocycles. The SMILES string of the molecule is Cc1sc(C(=O)N[C@@H]2CCc3sc(Cl)cc32)c(C(C)C)c1C. The molecule has 1 amide bonds. The number of thiophene rings is 2. The second-order valence-electron chi connectivity index (χ2n) is 6.17. The second kappa shape index (κ2) is 5.99. The molecule has 0 aliphatic heterocycles. The molecule has 2 aromatic heterocycles. The normalized spacial score (nSPS) is 17.1. The van der Waals surface area contributed by atoms with Gasteiger partial charge in [0.1, 0.15) is 0 Å². The molecule has 1 atom stereocenters. The molecular weight excluding hydrogens is 334 g/mol. The number of aryl methyl sites for hydroxylation is 2. The van der Waals surface area contributed by atoms with Gasteiger partial charge in [0.15, 0.2) is 0 Å². The first-order valence-electron chi connectivity index (χ1n) is 7.57. The van der Waals surface area contributed by atoms with Gasteiger partial charge in [0.2, 0.25) is 0 Å². The molecule has 0 spiro atoms. The fraction of sp³-hybridized carbons (Fsp3) is 0.471. The van der Waals surface area contributed by atoms with Gasteiger partial charge < -0.3 is 5.32 Å². The summed E-state index contributed by atoms with van der Waals surface area (Å²) in [6.45, 7) is 8.51. The zero-order valence-corrected chi connectivity index (χ0v) is 15.6. The van der Waals surface area contributed by atoms with E-state index in [1.165, 1.54) is 26.4 Å². The lowest BCUT2D eigenvalue weighted by Gasteiger charge is -2.14. The Morgan fingerprint density at radius 3 is 2.77 bits per heavy atom. The van der Waals surface area contributed by atoms with Crippen molar-refractivity contribution >= 4 is 40.2 Å². The number of fused-ring (bicyclic) bond motifs is 1. The maximum absolute atomic E-state index is 12.8. The zero-order chi connectivity index (χ0) is 16.0. The van der Waals surface area contributed by atoms with Crippen LogP contribution in [-0.4, -0.2) is 5.91 Å². The molecule has 0 unspecified atom stereocenters. The number of halogens is 1. The minimum atomic E-state index is 0.0603. The van der Waals surface area contributed by atoms with Crippen molar-refractivity contribution in [2.45, 2.75) is 52.5 Å². The van der Waals surface area contributed by atoms with E-state index in [-0.39, 0.29) is 11.9 Å². The maximum Gasteiger partial charge on any atom is 0.262 e. The molecular formula is C17H20ClNOS2. The van der Waals surface area contributed by atoms with Crippen LogP contribution in [0.1, 0.15) is 68.3 Å². The topological polar surface area (TPSA) is 29.1 Å². The first kappa shape index (κ1) is 16.0. The molecule has 1 aliphatic rings. The van der Waals surface area contributed by atoms with Gasteiger partial charge in [-0.15, -0.1) is 22.7 Å². The summed E-state index contributed by atoms with van der Waals surface area (Å²) in [5, 5.41) is 3.22. The minimum absolute atomic E-state index is 0.0603. The largest absolute Gasteiger partial charge is 0.344 e. The fourth-order valence-corrected chi connectivity index (χ4v) is 5.79. The van der Waals surface area contributed by atoms with Gasteiger partial charge in [0.05, 0.1) is 15.3 Å². The molecule has 0 fully saturated rings. The van der Waals surface area contributed by atoms with E-state index in [9.17, 15) is 4.79 Å². The summed E-state index contributed by atoms with van der Waals surface area (Å²) >= 11 is 9.34. The Morgan fingerprint density at radius 1 is 1.36 bits per heavy atom. The van der Waals surface area contributed by atoms with Crippen LogP contribution in [0, 0.1) is 13.8 Å². The van der Waals surface area contributed by atoms with Crippen molar-refractivity contribution in [1.82, 2.24) is 5.32 Å². The monoisotopic (exact) mass is 353 g/mol. The number of hydrogen-bond donors (Lipinski definition) is 1. The quantitative estimate of drug-likeness (QED) is 0.762. The summed E-state index contributed by atoms with van der Waals surface area (Å²) in [5.74, 6) is 0.422. The van der Waals surface area contributed by atoms with E-state index in [4.69, 9.17) is 11.6 Å². The molecule has 22 heavy (non-hydrogen) atoms. The molecule has 5 heteroatoms. The van der Waals surface area contributed by atoms with E-state index in [0.29, 0.717) is 5.92 Å². The van der Waals surface area contributed by atoms with Crippen LogP contribution < -0.4 is 5.32 Å². The summed E-state index contributed by atoms with van der Waals surface area (Å²) in [6.07, 6.45) is 1.99. The standard InChI is InChI=1S/C17H20ClNOS2/c1-8(2)15-9(3)10(4)21-16(15)17(20)19-12-5-6-13-11(12)7-14(18)22-13/h7-8,12H,5-6H2,1-4H3,(H,19,20)/t12-/m1/s1. The maximum atomic E-state index is 12.8. The molecule has 0 saturated heterocycles. The van der Waals surface area contributed by atoms with Crippen LogP contribution in [0.3, 0.4) is 0 Å². The van der Waals surface area contributed by atoms with Crippen LogP contribution in [0.15, 0.2) is 6.07 Å². The first-order chi connectivity index (χ1) is 10.4. The van der Waals surface area contributed by atoms with Gasteiger partial charge in [-0.3, -0.25) is 4.79 Å². The Labute approximate surface area is 144 Å². The van der Waals surface area contributed by atoms with E-state index >= 15 is 0 Å². The second-order valence-corrected chi connectivity index (χ2v) is 9.17. The Morgan fingerprint density at radius 2 is 2.09 bits per heavy atom. The van der Waals surface area contributed by atoms with Crippen molar-refractivity contribution in [3.8, 4) is 0 Å². The van der Waals surface area contributed by atoms with Crippen LogP contribution in [-0.2, 0) is 6.42 Å². The van der Waals surface area contributed by atoms with Crippen LogP contribution in [0.4, 0.5) is 0 Å². The molecule has 2 nitrogen and oxygen atoms in total. The lowest BCUT2D eigenvalue weighted by molar-refractivity contribution is 0.0939. The summed E-state index contributed by atoms with van der Waals surface area (Å²) < 4.78 is 0.814. The molecule has 0 saturated carbocycles. The number of carbonyl (C=O) groups is 1. The predicted octanol–water partition coefficient (Wildman–Crippen LogP) is 5.62. The number of rotatable bonds is 3. The van der Waals surface area contributed by atoms with Crippen LogP contribution in [0.2, 0.25) is 4.34 Å². The van der Waals surface area contributed by atoms with Gasteiger partial charge in [0, 0.05) is 9.75 Å². The van der Waals surface area contributed by atoms with E-state index < -0.39 is 0 Å². The van der Waals surface area contributed by atoms with Crippen molar-refractivity contribution in [3.05, 3.63) is 41.7 Å². The number of amides is 1. The van der Waals surface area contributed by atoms with Crippen molar-refractivity contribution in [1.29, 1.82) is 0 Å². The molecule has 1 aliphatic carbocycles. The number of hydrogen-bond acceptors (Lipinski definition) is 3. The minimum Gasteiger partial charge on any atom is -0.344 e. The summed E-state index contributed by atoms with van der Waals surface area (Å²) in [6, 6.07) is 2.11. The molecule has 118 valence electrons. The van der Waals surface area contributed by atoms with Gasteiger partial charge >= 0.3 is 0 Å². The number of nitrogens with one attached hydrogen (secondary N) is 1. The fourth-order valence-electron chi connectivity index (χ4n) is 3.21.